The molecular weight excluding hydrogens is 194 g/mol. The maximum atomic E-state index is 11.7. The van der Waals surface area contributed by atoms with Crippen molar-refractivity contribution < 1.29 is 14.6 Å². The lowest BCUT2D eigenvalue weighted by Gasteiger charge is -2.23. The fourth-order valence-electron chi connectivity index (χ4n) is 1.60. The quantitative estimate of drug-likeness (QED) is 0.636. The van der Waals surface area contributed by atoms with Gasteiger partial charge in [0, 0.05) is 0 Å². The normalized spacial score (nSPS) is 28.3. The number of hydrogen-bond donors (Lipinski definition) is 2. The van der Waals surface area contributed by atoms with Crippen LogP contribution in [0.5, 0.6) is 0 Å². The lowest BCUT2D eigenvalue weighted by atomic mass is 10.1. The first-order valence-electron chi connectivity index (χ1n) is 5.53. The van der Waals surface area contributed by atoms with Gasteiger partial charge in [0.1, 0.15) is 11.6 Å². The van der Waals surface area contributed by atoms with Gasteiger partial charge in [0.15, 0.2) is 0 Å². The predicted octanol–water partition coefficient (Wildman–Crippen LogP) is 0.831. The van der Waals surface area contributed by atoms with Crippen molar-refractivity contribution >= 4 is 5.97 Å². The SMILES string of the molecule is CC(C)(C)OC(=O)C1CCC(O)CCN1. The highest BCUT2D eigenvalue weighted by Crippen LogP contribution is 2.14. The number of ether oxygens (including phenoxy) is 1. The maximum absolute atomic E-state index is 11.7. The second-order valence-electron chi connectivity index (χ2n) is 5.06. The molecule has 0 aromatic carbocycles. The standard InChI is InChI=1S/C11H21NO3/c1-11(2,3)15-10(14)9-5-4-8(13)6-7-12-9/h8-9,12-13H,4-7H2,1-3H3. The first-order chi connectivity index (χ1) is 6.88. The van der Waals surface area contributed by atoms with E-state index in [1.54, 1.807) is 0 Å². The van der Waals surface area contributed by atoms with Crippen molar-refractivity contribution in [2.45, 2.75) is 57.8 Å². The Hall–Kier alpha value is -0.610. The van der Waals surface area contributed by atoms with Gasteiger partial charge >= 0.3 is 5.97 Å². The molecule has 88 valence electrons. The van der Waals surface area contributed by atoms with Crippen molar-refractivity contribution in [1.29, 1.82) is 0 Å². The molecule has 4 heteroatoms. The number of rotatable bonds is 1. The highest BCUT2D eigenvalue weighted by Gasteiger charge is 2.27. The van der Waals surface area contributed by atoms with E-state index in [-0.39, 0.29) is 18.1 Å². The topological polar surface area (TPSA) is 58.6 Å². The molecule has 4 nitrogen and oxygen atoms in total. The molecule has 0 saturated carbocycles. The molecule has 1 aliphatic rings. The Labute approximate surface area is 91.0 Å². The third-order valence-electron chi connectivity index (χ3n) is 2.35. The highest BCUT2D eigenvalue weighted by atomic mass is 16.6. The summed E-state index contributed by atoms with van der Waals surface area (Å²) < 4.78 is 5.28. The van der Waals surface area contributed by atoms with E-state index in [0.717, 1.165) is 0 Å². The summed E-state index contributed by atoms with van der Waals surface area (Å²) in [6, 6.07) is -0.263. The molecule has 2 unspecified atom stereocenters. The molecule has 15 heavy (non-hydrogen) atoms. The van der Waals surface area contributed by atoms with Crippen LogP contribution in [0.25, 0.3) is 0 Å². The van der Waals surface area contributed by atoms with E-state index in [0.29, 0.717) is 25.8 Å². The third kappa shape index (κ3) is 4.62. The first kappa shape index (κ1) is 12.5. The van der Waals surface area contributed by atoms with Gasteiger partial charge in [-0.3, -0.25) is 4.79 Å². The molecule has 1 rings (SSSR count). The molecule has 1 heterocycles. The van der Waals surface area contributed by atoms with E-state index >= 15 is 0 Å². The van der Waals surface area contributed by atoms with Gasteiger partial charge in [0.05, 0.1) is 6.10 Å². The van der Waals surface area contributed by atoms with Gasteiger partial charge in [-0.25, -0.2) is 0 Å². The van der Waals surface area contributed by atoms with Crippen molar-refractivity contribution in [2.75, 3.05) is 6.54 Å². The smallest absolute Gasteiger partial charge is 0.323 e. The number of esters is 1. The zero-order valence-corrected chi connectivity index (χ0v) is 9.75. The minimum absolute atomic E-state index is 0.211. The number of carbonyl (C=O) groups excluding carboxylic acids is 1. The molecule has 2 atom stereocenters. The van der Waals surface area contributed by atoms with Crippen molar-refractivity contribution in [3.05, 3.63) is 0 Å². The third-order valence-corrected chi connectivity index (χ3v) is 2.35. The Morgan fingerprint density at radius 2 is 2.00 bits per heavy atom. The van der Waals surface area contributed by atoms with Crippen LogP contribution in [0.4, 0.5) is 0 Å². The van der Waals surface area contributed by atoms with Gasteiger partial charge in [-0.2, -0.15) is 0 Å². The molecule has 0 amide bonds. The van der Waals surface area contributed by atoms with Crippen LogP contribution < -0.4 is 5.32 Å². The monoisotopic (exact) mass is 215 g/mol. The van der Waals surface area contributed by atoms with Crippen LogP contribution in [0.3, 0.4) is 0 Å². The molecule has 1 fully saturated rings. The first-order valence-corrected chi connectivity index (χ1v) is 5.53. The van der Waals surface area contributed by atoms with E-state index in [2.05, 4.69) is 5.32 Å². The summed E-state index contributed by atoms with van der Waals surface area (Å²) in [6.07, 6.45) is 1.73. The highest BCUT2D eigenvalue weighted by molar-refractivity contribution is 5.76. The van der Waals surface area contributed by atoms with Gasteiger partial charge in [-0.05, 0) is 46.6 Å². The molecule has 0 aromatic rings. The van der Waals surface area contributed by atoms with Gasteiger partial charge in [-0.1, -0.05) is 0 Å². The van der Waals surface area contributed by atoms with Crippen LogP contribution in [0.15, 0.2) is 0 Å². The Bertz CT molecular complexity index is 222. The van der Waals surface area contributed by atoms with E-state index < -0.39 is 5.60 Å². The van der Waals surface area contributed by atoms with E-state index in [1.165, 1.54) is 0 Å². The van der Waals surface area contributed by atoms with Gasteiger partial charge in [-0.15, -0.1) is 0 Å². The van der Waals surface area contributed by atoms with Crippen LogP contribution in [0, 0.1) is 0 Å². The summed E-state index contributed by atoms with van der Waals surface area (Å²) in [4.78, 5) is 11.7. The summed E-state index contributed by atoms with van der Waals surface area (Å²) in [5.41, 5.74) is -0.441. The van der Waals surface area contributed by atoms with Gasteiger partial charge < -0.3 is 15.2 Å². The summed E-state index contributed by atoms with van der Waals surface area (Å²) in [5, 5.41) is 12.5. The average Bonchev–Trinajstić information content (AvgIpc) is 2.26. The Morgan fingerprint density at radius 1 is 1.33 bits per heavy atom. The summed E-state index contributed by atoms with van der Waals surface area (Å²) in [5.74, 6) is -0.211. The molecule has 2 N–H and O–H groups in total. The minimum Gasteiger partial charge on any atom is -0.459 e. The summed E-state index contributed by atoms with van der Waals surface area (Å²) in [7, 11) is 0. The van der Waals surface area contributed by atoms with Gasteiger partial charge in [0.25, 0.3) is 0 Å². The lowest BCUT2D eigenvalue weighted by Crippen LogP contribution is -2.40. The summed E-state index contributed by atoms with van der Waals surface area (Å²) >= 11 is 0. The van der Waals surface area contributed by atoms with Crippen LogP contribution >= 0.6 is 0 Å². The largest absolute Gasteiger partial charge is 0.459 e. The number of aliphatic hydroxyl groups is 1. The Balaban J connectivity index is 2.45. The zero-order valence-electron chi connectivity index (χ0n) is 9.75. The predicted molar refractivity (Wildman–Crippen MR) is 57.5 cm³/mol. The molecular formula is C11H21NO3. The molecule has 0 aromatic heterocycles. The fourth-order valence-corrected chi connectivity index (χ4v) is 1.60. The second-order valence-corrected chi connectivity index (χ2v) is 5.06. The van der Waals surface area contributed by atoms with Crippen molar-refractivity contribution in [2.24, 2.45) is 0 Å². The molecule has 1 saturated heterocycles. The fraction of sp³-hybridized carbons (Fsp3) is 0.909. The van der Waals surface area contributed by atoms with Crippen LogP contribution in [0.2, 0.25) is 0 Å². The number of aliphatic hydroxyl groups excluding tert-OH is 1. The average molecular weight is 215 g/mol. The number of hydrogen-bond acceptors (Lipinski definition) is 4. The molecule has 0 radical (unpaired) electrons. The van der Waals surface area contributed by atoms with E-state index in [9.17, 15) is 9.90 Å². The van der Waals surface area contributed by atoms with E-state index in [1.807, 2.05) is 20.8 Å². The molecule has 1 aliphatic heterocycles. The van der Waals surface area contributed by atoms with Crippen LogP contribution in [-0.4, -0.2) is 35.4 Å². The zero-order chi connectivity index (χ0) is 11.5. The van der Waals surface area contributed by atoms with Crippen molar-refractivity contribution in [1.82, 2.24) is 5.32 Å². The van der Waals surface area contributed by atoms with E-state index in [4.69, 9.17) is 4.74 Å². The van der Waals surface area contributed by atoms with Gasteiger partial charge in [0.2, 0.25) is 0 Å². The van der Waals surface area contributed by atoms with Crippen LogP contribution in [-0.2, 0) is 9.53 Å². The minimum atomic E-state index is -0.441. The second kappa shape index (κ2) is 4.94. The summed E-state index contributed by atoms with van der Waals surface area (Å²) in [6.45, 7) is 6.24. The van der Waals surface area contributed by atoms with Crippen molar-refractivity contribution in [3.8, 4) is 0 Å². The molecule has 0 spiro atoms. The Morgan fingerprint density at radius 3 is 2.60 bits per heavy atom. The number of carbonyl (C=O) groups is 1. The van der Waals surface area contributed by atoms with Crippen LogP contribution in [0.1, 0.15) is 40.0 Å². The molecule has 0 bridgehead atoms. The Kier molecular flexibility index (Phi) is 4.11. The molecule has 0 aliphatic carbocycles. The maximum Gasteiger partial charge on any atom is 0.323 e. The van der Waals surface area contributed by atoms with Crippen molar-refractivity contribution in [3.63, 3.8) is 0 Å². The number of nitrogens with one attached hydrogen (secondary N) is 1. The lowest BCUT2D eigenvalue weighted by molar-refractivity contribution is -0.157.